The molecule has 5 nitrogen and oxygen atoms in total. The quantitative estimate of drug-likeness (QED) is 0.893. The van der Waals surface area contributed by atoms with Gasteiger partial charge in [0, 0.05) is 19.5 Å². The average Bonchev–Trinajstić information content (AvgIpc) is 2.77. The van der Waals surface area contributed by atoms with E-state index in [-0.39, 0.29) is 6.04 Å². The number of rotatable bonds is 5. The molecule has 0 aliphatic rings. The summed E-state index contributed by atoms with van der Waals surface area (Å²) in [4.78, 5) is 3.97. The van der Waals surface area contributed by atoms with E-state index in [9.17, 15) is 0 Å². The molecule has 1 unspecified atom stereocenters. The van der Waals surface area contributed by atoms with Crippen molar-refractivity contribution in [3.8, 4) is 0 Å². The van der Waals surface area contributed by atoms with Gasteiger partial charge in [0.15, 0.2) is 0 Å². The molecule has 0 fully saturated rings. The Hall–Kier alpha value is -1.43. The molecule has 96 valence electrons. The molecule has 18 heavy (non-hydrogen) atoms. The minimum absolute atomic E-state index is 0.320. The van der Waals surface area contributed by atoms with Crippen LogP contribution in [-0.2, 0) is 11.3 Å². The van der Waals surface area contributed by atoms with Gasteiger partial charge in [0.1, 0.15) is 0 Å². The van der Waals surface area contributed by atoms with Crippen molar-refractivity contribution in [3.05, 3.63) is 47.0 Å². The van der Waals surface area contributed by atoms with Crippen LogP contribution in [0.2, 0.25) is 5.02 Å². The lowest BCUT2D eigenvalue weighted by Crippen LogP contribution is -2.19. The number of aromatic nitrogens is 3. The first-order valence-electron chi connectivity index (χ1n) is 5.59. The lowest BCUT2D eigenvalue weighted by molar-refractivity contribution is 0.182. The highest BCUT2D eigenvalue weighted by Gasteiger charge is 2.18. The Labute approximate surface area is 111 Å². The van der Waals surface area contributed by atoms with Crippen LogP contribution in [0.25, 0.3) is 0 Å². The molecule has 6 heteroatoms. The standard InChI is InChI=1S/C12H15ClN4O/c1-18-7-6-17-12(10(13)8-16-17)11(14)9-2-4-15-5-3-9/h2-5,8,11H,6-7,14H2,1H3. The molecule has 2 heterocycles. The summed E-state index contributed by atoms with van der Waals surface area (Å²) in [5.41, 5.74) is 7.96. The minimum atomic E-state index is -0.320. The van der Waals surface area contributed by atoms with Gasteiger partial charge in [-0.15, -0.1) is 0 Å². The molecular weight excluding hydrogens is 252 g/mol. The molecule has 0 amide bonds. The largest absolute Gasteiger partial charge is 0.383 e. The second-order valence-corrected chi connectivity index (χ2v) is 4.26. The Balaban J connectivity index is 2.29. The first-order chi connectivity index (χ1) is 8.74. The number of halogens is 1. The molecule has 2 rings (SSSR count). The van der Waals surface area contributed by atoms with Gasteiger partial charge in [-0.3, -0.25) is 9.67 Å². The van der Waals surface area contributed by atoms with Crippen molar-refractivity contribution in [2.24, 2.45) is 5.73 Å². The maximum atomic E-state index is 6.22. The van der Waals surface area contributed by atoms with Gasteiger partial charge < -0.3 is 10.5 Å². The van der Waals surface area contributed by atoms with Crippen molar-refractivity contribution >= 4 is 11.6 Å². The summed E-state index contributed by atoms with van der Waals surface area (Å²) >= 11 is 6.15. The summed E-state index contributed by atoms with van der Waals surface area (Å²) in [6.07, 6.45) is 5.02. The second-order valence-electron chi connectivity index (χ2n) is 3.85. The van der Waals surface area contributed by atoms with Gasteiger partial charge in [-0.1, -0.05) is 11.6 Å². The fraction of sp³-hybridized carbons (Fsp3) is 0.333. The lowest BCUT2D eigenvalue weighted by atomic mass is 10.1. The van der Waals surface area contributed by atoms with Crippen molar-refractivity contribution < 1.29 is 4.74 Å². The number of pyridine rings is 1. The number of ether oxygens (including phenoxy) is 1. The molecule has 1 atom stereocenters. The van der Waals surface area contributed by atoms with E-state index < -0.39 is 0 Å². The highest BCUT2D eigenvalue weighted by molar-refractivity contribution is 6.31. The van der Waals surface area contributed by atoms with Gasteiger partial charge in [0.2, 0.25) is 0 Å². The highest BCUT2D eigenvalue weighted by atomic mass is 35.5. The van der Waals surface area contributed by atoms with Gasteiger partial charge >= 0.3 is 0 Å². The Morgan fingerprint density at radius 2 is 2.17 bits per heavy atom. The highest BCUT2D eigenvalue weighted by Crippen LogP contribution is 2.25. The Bertz CT molecular complexity index is 500. The third kappa shape index (κ3) is 2.69. The van der Waals surface area contributed by atoms with E-state index in [2.05, 4.69) is 10.1 Å². The zero-order valence-corrected chi connectivity index (χ0v) is 10.8. The van der Waals surface area contributed by atoms with E-state index in [1.54, 1.807) is 30.4 Å². The predicted molar refractivity (Wildman–Crippen MR) is 69.4 cm³/mol. The van der Waals surface area contributed by atoms with Crippen LogP contribution < -0.4 is 5.73 Å². The molecule has 2 N–H and O–H groups in total. The topological polar surface area (TPSA) is 66.0 Å². The number of nitrogens with zero attached hydrogens (tertiary/aromatic N) is 3. The van der Waals surface area contributed by atoms with E-state index in [0.29, 0.717) is 18.2 Å². The molecule has 0 spiro atoms. The minimum Gasteiger partial charge on any atom is -0.383 e. The van der Waals surface area contributed by atoms with Crippen molar-refractivity contribution in [1.82, 2.24) is 14.8 Å². The van der Waals surface area contributed by atoms with Crippen LogP contribution in [0.3, 0.4) is 0 Å². The van der Waals surface area contributed by atoms with Gasteiger partial charge in [0.25, 0.3) is 0 Å². The first kappa shape index (κ1) is 13.0. The lowest BCUT2D eigenvalue weighted by Gasteiger charge is -2.15. The van der Waals surface area contributed by atoms with Gasteiger partial charge in [-0.25, -0.2) is 0 Å². The fourth-order valence-corrected chi connectivity index (χ4v) is 2.02. The molecule has 0 aromatic carbocycles. The summed E-state index contributed by atoms with van der Waals surface area (Å²) < 4.78 is 6.82. The summed E-state index contributed by atoms with van der Waals surface area (Å²) in [5, 5.41) is 4.77. The van der Waals surface area contributed by atoms with E-state index >= 15 is 0 Å². The fourth-order valence-electron chi connectivity index (χ4n) is 1.77. The van der Waals surface area contributed by atoms with Crippen LogP contribution in [-0.4, -0.2) is 28.5 Å². The van der Waals surface area contributed by atoms with E-state index in [0.717, 1.165) is 11.3 Å². The zero-order chi connectivity index (χ0) is 13.0. The molecule has 0 saturated carbocycles. The SMILES string of the molecule is COCCn1ncc(Cl)c1C(N)c1ccncc1. The Morgan fingerprint density at radius 1 is 1.44 bits per heavy atom. The van der Waals surface area contributed by atoms with Crippen molar-refractivity contribution in [3.63, 3.8) is 0 Å². The van der Waals surface area contributed by atoms with Crippen LogP contribution in [0, 0.1) is 0 Å². The Kier molecular flexibility index (Phi) is 4.30. The van der Waals surface area contributed by atoms with Crippen molar-refractivity contribution in [1.29, 1.82) is 0 Å². The summed E-state index contributed by atoms with van der Waals surface area (Å²) in [6, 6.07) is 3.42. The molecule has 0 aliphatic carbocycles. The molecule has 0 bridgehead atoms. The normalized spacial score (nSPS) is 12.6. The monoisotopic (exact) mass is 266 g/mol. The number of hydrogen-bond donors (Lipinski definition) is 1. The van der Waals surface area contributed by atoms with Gasteiger partial charge in [-0.2, -0.15) is 5.10 Å². The van der Waals surface area contributed by atoms with Crippen LogP contribution in [0.4, 0.5) is 0 Å². The molecular formula is C12H15ClN4O. The maximum absolute atomic E-state index is 6.22. The van der Waals surface area contributed by atoms with Gasteiger partial charge in [0.05, 0.1) is 36.1 Å². The van der Waals surface area contributed by atoms with E-state index in [4.69, 9.17) is 22.1 Å². The summed E-state index contributed by atoms with van der Waals surface area (Å²) in [7, 11) is 1.65. The molecule has 0 radical (unpaired) electrons. The molecule has 2 aromatic heterocycles. The second kappa shape index (κ2) is 5.95. The number of nitrogens with two attached hydrogens (primary N) is 1. The van der Waals surface area contributed by atoms with Crippen LogP contribution >= 0.6 is 11.6 Å². The number of hydrogen-bond acceptors (Lipinski definition) is 4. The third-order valence-electron chi connectivity index (χ3n) is 2.70. The van der Waals surface area contributed by atoms with E-state index in [1.165, 1.54) is 0 Å². The smallest absolute Gasteiger partial charge is 0.0837 e. The zero-order valence-electron chi connectivity index (χ0n) is 10.1. The molecule has 0 aliphatic heterocycles. The third-order valence-corrected chi connectivity index (χ3v) is 2.99. The molecule has 0 saturated heterocycles. The van der Waals surface area contributed by atoms with Crippen LogP contribution in [0.15, 0.2) is 30.7 Å². The average molecular weight is 267 g/mol. The van der Waals surface area contributed by atoms with Crippen molar-refractivity contribution in [2.75, 3.05) is 13.7 Å². The summed E-state index contributed by atoms with van der Waals surface area (Å²) in [6.45, 7) is 1.19. The molecule has 2 aromatic rings. The van der Waals surface area contributed by atoms with E-state index in [1.807, 2.05) is 12.1 Å². The van der Waals surface area contributed by atoms with Crippen LogP contribution in [0.5, 0.6) is 0 Å². The van der Waals surface area contributed by atoms with Gasteiger partial charge in [-0.05, 0) is 17.7 Å². The number of methoxy groups -OCH3 is 1. The predicted octanol–water partition coefficient (Wildman–Crippen LogP) is 1.63. The first-order valence-corrected chi connectivity index (χ1v) is 5.97. The van der Waals surface area contributed by atoms with Crippen LogP contribution in [0.1, 0.15) is 17.3 Å². The van der Waals surface area contributed by atoms with Crippen molar-refractivity contribution in [2.45, 2.75) is 12.6 Å². The maximum Gasteiger partial charge on any atom is 0.0837 e. The Morgan fingerprint density at radius 3 is 2.83 bits per heavy atom. The summed E-state index contributed by atoms with van der Waals surface area (Å²) in [5.74, 6) is 0.